The highest BCUT2D eigenvalue weighted by atomic mass is 28.4. The van der Waals surface area contributed by atoms with Crippen LogP contribution in [-0.2, 0) is 15.8 Å². The third-order valence-electron chi connectivity index (χ3n) is 4.37. The Labute approximate surface area is 142 Å². The molecule has 0 unspecified atom stereocenters. The number of carbonyl (C=O) groups excluding carboxylic acids is 1. The topological polar surface area (TPSA) is 38.3 Å². The van der Waals surface area contributed by atoms with Crippen molar-refractivity contribution in [1.29, 1.82) is 0 Å². The van der Waals surface area contributed by atoms with Crippen LogP contribution in [0.1, 0.15) is 45.6 Å². The minimum absolute atomic E-state index is 0.104. The number of amides is 1. The Hall–Kier alpha value is -1.55. The zero-order valence-corrected chi connectivity index (χ0v) is 16.2. The quantitative estimate of drug-likeness (QED) is 0.412. The van der Waals surface area contributed by atoms with Crippen LogP contribution in [0.25, 0.3) is 0 Å². The molecule has 0 fully saturated rings. The molecular formula is C19H31NO2Si. The molecule has 0 heterocycles. The molecule has 0 radical (unpaired) electrons. The summed E-state index contributed by atoms with van der Waals surface area (Å²) in [5.41, 5.74) is 1.13. The van der Waals surface area contributed by atoms with E-state index in [1.807, 2.05) is 42.7 Å². The van der Waals surface area contributed by atoms with Crippen molar-refractivity contribution >= 4 is 14.2 Å². The standard InChI is InChI=1S/C19H31NO2Si/c1-19(2,3)23(4,5)22-15-11-7-10-14-18(21)20-16-17-12-8-6-9-13-17/h6,8-9,11-13,15H,7,10,14,16H2,1-5H3,(H,20,21)/b15-11-. The van der Waals surface area contributed by atoms with Crippen molar-refractivity contribution in [2.45, 2.75) is 64.7 Å². The lowest BCUT2D eigenvalue weighted by Crippen LogP contribution is -2.39. The number of nitrogens with one attached hydrogen (secondary N) is 1. The molecular weight excluding hydrogens is 302 g/mol. The van der Waals surface area contributed by atoms with Gasteiger partial charge in [-0.2, -0.15) is 0 Å². The van der Waals surface area contributed by atoms with Gasteiger partial charge >= 0.3 is 0 Å². The normalized spacial score (nSPS) is 12.4. The summed E-state index contributed by atoms with van der Waals surface area (Å²) in [5, 5.41) is 3.16. The van der Waals surface area contributed by atoms with E-state index in [1.54, 1.807) is 0 Å². The maximum absolute atomic E-state index is 11.8. The predicted octanol–water partition coefficient (Wildman–Crippen LogP) is 5.01. The highest BCUT2D eigenvalue weighted by molar-refractivity contribution is 6.74. The van der Waals surface area contributed by atoms with E-state index in [0.717, 1.165) is 18.4 Å². The van der Waals surface area contributed by atoms with Gasteiger partial charge in [-0.05, 0) is 36.5 Å². The molecule has 128 valence electrons. The highest BCUT2D eigenvalue weighted by Crippen LogP contribution is 2.36. The molecule has 0 aliphatic carbocycles. The van der Waals surface area contributed by atoms with Gasteiger partial charge in [-0.25, -0.2) is 0 Å². The maximum atomic E-state index is 11.8. The van der Waals surface area contributed by atoms with Crippen molar-refractivity contribution in [3.63, 3.8) is 0 Å². The first-order valence-electron chi connectivity index (χ1n) is 8.36. The fourth-order valence-corrected chi connectivity index (χ4v) is 2.52. The molecule has 0 saturated carbocycles. The summed E-state index contributed by atoms with van der Waals surface area (Å²) in [6, 6.07) is 9.97. The number of allylic oxidation sites excluding steroid dienone is 1. The zero-order chi connectivity index (χ0) is 17.3. The summed E-state index contributed by atoms with van der Waals surface area (Å²) in [7, 11) is -1.70. The molecule has 1 amide bonds. The van der Waals surface area contributed by atoms with Gasteiger partial charge in [0.2, 0.25) is 14.2 Å². The van der Waals surface area contributed by atoms with Gasteiger partial charge in [0.15, 0.2) is 0 Å². The summed E-state index contributed by atoms with van der Waals surface area (Å²) in [5.74, 6) is 0.104. The van der Waals surface area contributed by atoms with E-state index < -0.39 is 8.32 Å². The summed E-state index contributed by atoms with van der Waals surface area (Å²) >= 11 is 0. The van der Waals surface area contributed by atoms with Gasteiger partial charge in [0.1, 0.15) is 0 Å². The molecule has 1 aromatic rings. The van der Waals surface area contributed by atoms with Gasteiger partial charge < -0.3 is 9.74 Å². The van der Waals surface area contributed by atoms with Crippen molar-refractivity contribution in [2.24, 2.45) is 0 Å². The second-order valence-corrected chi connectivity index (χ2v) is 12.2. The van der Waals surface area contributed by atoms with E-state index >= 15 is 0 Å². The summed E-state index contributed by atoms with van der Waals surface area (Å²) in [4.78, 5) is 11.8. The van der Waals surface area contributed by atoms with Gasteiger partial charge in [-0.1, -0.05) is 57.2 Å². The Morgan fingerprint density at radius 1 is 1.22 bits per heavy atom. The number of benzene rings is 1. The zero-order valence-electron chi connectivity index (χ0n) is 15.2. The Bertz CT molecular complexity index is 504. The molecule has 23 heavy (non-hydrogen) atoms. The smallest absolute Gasteiger partial charge is 0.249 e. The number of hydrogen-bond donors (Lipinski definition) is 1. The lowest BCUT2D eigenvalue weighted by atomic mass is 10.2. The summed E-state index contributed by atoms with van der Waals surface area (Å²) in [6.07, 6.45) is 6.13. The highest BCUT2D eigenvalue weighted by Gasteiger charge is 2.37. The Balaban J connectivity index is 2.17. The molecule has 1 N–H and O–H groups in total. The average Bonchev–Trinajstić information content (AvgIpc) is 2.48. The van der Waals surface area contributed by atoms with Gasteiger partial charge in [0.25, 0.3) is 0 Å². The van der Waals surface area contributed by atoms with E-state index in [1.165, 1.54) is 0 Å². The average molecular weight is 334 g/mol. The van der Waals surface area contributed by atoms with E-state index in [4.69, 9.17) is 4.43 Å². The van der Waals surface area contributed by atoms with Gasteiger partial charge in [0, 0.05) is 13.0 Å². The fraction of sp³-hybridized carbons (Fsp3) is 0.526. The van der Waals surface area contributed by atoms with Crippen molar-refractivity contribution in [2.75, 3.05) is 0 Å². The van der Waals surface area contributed by atoms with Crippen LogP contribution >= 0.6 is 0 Å². The third kappa shape index (κ3) is 7.51. The molecule has 3 nitrogen and oxygen atoms in total. The molecule has 4 heteroatoms. The van der Waals surface area contributed by atoms with Gasteiger partial charge in [-0.3, -0.25) is 4.79 Å². The van der Waals surface area contributed by atoms with Crippen LogP contribution in [0.15, 0.2) is 42.7 Å². The van der Waals surface area contributed by atoms with Crippen LogP contribution in [0.2, 0.25) is 18.1 Å². The Morgan fingerprint density at radius 2 is 1.87 bits per heavy atom. The van der Waals surface area contributed by atoms with Crippen LogP contribution in [0.3, 0.4) is 0 Å². The molecule has 1 aromatic carbocycles. The van der Waals surface area contributed by atoms with E-state index in [9.17, 15) is 4.79 Å². The van der Waals surface area contributed by atoms with Crippen LogP contribution in [0, 0.1) is 0 Å². The van der Waals surface area contributed by atoms with Crippen LogP contribution in [-0.4, -0.2) is 14.2 Å². The molecule has 0 saturated heterocycles. The third-order valence-corrected chi connectivity index (χ3v) is 8.71. The molecule has 1 rings (SSSR count). The lowest BCUT2D eigenvalue weighted by molar-refractivity contribution is -0.121. The number of unbranched alkanes of at least 4 members (excludes halogenated alkanes) is 1. The Kier molecular flexibility index (Phi) is 7.56. The summed E-state index contributed by atoms with van der Waals surface area (Å²) in [6.45, 7) is 11.7. The molecule has 0 atom stereocenters. The number of hydrogen-bond acceptors (Lipinski definition) is 2. The van der Waals surface area contributed by atoms with Crippen molar-refractivity contribution in [1.82, 2.24) is 5.32 Å². The van der Waals surface area contributed by atoms with Crippen molar-refractivity contribution < 1.29 is 9.22 Å². The van der Waals surface area contributed by atoms with Crippen LogP contribution in [0.4, 0.5) is 0 Å². The number of rotatable bonds is 8. The predicted molar refractivity (Wildman–Crippen MR) is 99.6 cm³/mol. The number of carbonyl (C=O) groups is 1. The first-order chi connectivity index (χ1) is 10.7. The second-order valence-electron chi connectivity index (χ2n) is 7.40. The maximum Gasteiger partial charge on any atom is 0.249 e. The molecule has 0 bridgehead atoms. The second kappa shape index (κ2) is 8.92. The molecule has 0 aliphatic heterocycles. The Morgan fingerprint density at radius 3 is 2.48 bits per heavy atom. The van der Waals surface area contributed by atoms with Crippen molar-refractivity contribution in [3.8, 4) is 0 Å². The largest absolute Gasteiger partial charge is 0.549 e. The first kappa shape index (κ1) is 19.5. The fourth-order valence-electron chi connectivity index (χ4n) is 1.73. The molecule has 0 spiro atoms. The minimum atomic E-state index is -1.70. The lowest BCUT2D eigenvalue weighted by Gasteiger charge is -2.34. The first-order valence-corrected chi connectivity index (χ1v) is 11.3. The van der Waals surface area contributed by atoms with Crippen molar-refractivity contribution in [3.05, 3.63) is 48.2 Å². The SMILES string of the molecule is CC(C)(C)[Si](C)(C)O/C=C\CCCC(=O)NCc1ccccc1. The summed E-state index contributed by atoms with van der Waals surface area (Å²) < 4.78 is 5.96. The van der Waals surface area contributed by atoms with E-state index in [-0.39, 0.29) is 10.9 Å². The molecule has 0 aromatic heterocycles. The van der Waals surface area contributed by atoms with Crippen LogP contribution in [0.5, 0.6) is 0 Å². The monoisotopic (exact) mass is 333 g/mol. The van der Waals surface area contributed by atoms with Gasteiger partial charge in [-0.15, -0.1) is 0 Å². The van der Waals surface area contributed by atoms with E-state index in [0.29, 0.717) is 13.0 Å². The minimum Gasteiger partial charge on any atom is -0.549 e. The van der Waals surface area contributed by atoms with Gasteiger partial charge in [0.05, 0.1) is 6.26 Å². The van der Waals surface area contributed by atoms with Crippen LogP contribution < -0.4 is 5.32 Å². The van der Waals surface area contributed by atoms with E-state index in [2.05, 4.69) is 39.2 Å². The molecule has 0 aliphatic rings.